The Balaban J connectivity index is 1.85. The molecule has 0 spiro atoms. The van der Waals surface area contributed by atoms with Crippen molar-refractivity contribution in [3.8, 4) is 11.3 Å². The number of imidazole rings is 1. The highest BCUT2D eigenvalue weighted by Gasteiger charge is 2.14. The standard InChI is InChI=1S/C18H13ClN2O/c19-15-6-3-5-13(14(15)11-18-20-8-9-21-18)17-10-12-4-1-2-7-16(12)22-17/h1-10H,11H2,(H,20,21). The van der Waals surface area contributed by atoms with Gasteiger partial charge in [0.25, 0.3) is 0 Å². The van der Waals surface area contributed by atoms with Gasteiger partial charge < -0.3 is 9.40 Å². The Morgan fingerprint density at radius 1 is 1.09 bits per heavy atom. The molecular weight excluding hydrogens is 296 g/mol. The van der Waals surface area contributed by atoms with Crippen molar-refractivity contribution < 1.29 is 4.42 Å². The van der Waals surface area contributed by atoms with Crippen LogP contribution < -0.4 is 0 Å². The van der Waals surface area contributed by atoms with E-state index < -0.39 is 0 Å². The Hall–Kier alpha value is -2.52. The molecule has 0 aliphatic rings. The third-order valence-electron chi connectivity index (χ3n) is 3.71. The van der Waals surface area contributed by atoms with E-state index in [1.807, 2.05) is 54.7 Å². The van der Waals surface area contributed by atoms with Crippen molar-refractivity contribution in [1.82, 2.24) is 9.97 Å². The van der Waals surface area contributed by atoms with E-state index in [1.54, 1.807) is 6.20 Å². The van der Waals surface area contributed by atoms with Gasteiger partial charge in [-0.3, -0.25) is 0 Å². The summed E-state index contributed by atoms with van der Waals surface area (Å²) >= 11 is 6.41. The second-order valence-corrected chi connectivity index (χ2v) is 5.53. The van der Waals surface area contributed by atoms with Crippen LogP contribution in [-0.2, 0) is 6.42 Å². The first kappa shape index (κ1) is 13.2. The van der Waals surface area contributed by atoms with Crippen LogP contribution in [0.4, 0.5) is 0 Å². The SMILES string of the molecule is Clc1cccc(-c2cc3ccccc3o2)c1Cc1ncc[nH]1. The second-order valence-electron chi connectivity index (χ2n) is 5.13. The number of hydrogen-bond donors (Lipinski definition) is 1. The molecule has 2 heterocycles. The fraction of sp³-hybridized carbons (Fsp3) is 0.0556. The zero-order valence-corrected chi connectivity index (χ0v) is 12.5. The molecule has 4 aromatic rings. The summed E-state index contributed by atoms with van der Waals surface area (Å²) in [5.41, 5.74) is 2.89. The normalized spacial score (nSPS) is 11.1. The number of nitrogens with zero attached hydrogens (tertiary/aromatic N) is 1. The van der Waals surface area contributed by atoms with Gasteiger partial charge >= 0.3 is 0 Å². The lowest BCUT2D eigenvalue weighted by atomic mass is 10.0. The van der Waals surface area contributed by atoms with Gasteiger partial charge in [0.2, 0.25) is 0 Å². The fourth-order valence-electron chi connectivity index (χ4n) is 2.65. The number of fused-ring (bicyclic) bond motifs is 1. The van der Waals surface area contributed by atoms with Gasteiger partial charge in [0.15, 0.2) is 0 Å². The molecule has 0 unspecified atom stereocenters. The van der Waals surface area contributed by atoms with E-state index in [2.05, 4.69) is 9.97 Å². The molecule has 0 saturated heterocycles. The molecule has 22 heavy (non-hydrogen) atoms. The van der Waals surface area contributed by atoms with Gasteiger partial charge in [-0.1, -0.05) is 41.9 Å². The number of halogens is 1. The Labute approximate surface area is 132 Å². The average Bonchev–Trinajstić information content (AvgIpc) is 3.18. The molecule has 2 aromatic carbocycles. The summed E-state index contributed by atoms with van der Waals surface area (Å²) in [6.07, 6.45) is 4.19. The number of benzene rings is 2. The number of hydrogen-bond acceptors (Lipinski definition) is 2. The predicted molar refractivity (Wildman–Crippen MR) is 88.1 cm³/mol. The predicted octanol–water partition coefficient (Wildman–Crippen LogP) is 5.07. The van der Waals surface area contributed by atoms with E-state index >= 15 is 0 Å². The summed E-state index contributed by atoms with van der Waals surface area (Å²) in [5.74, 6) is 1.70. The molecule has 0 aliphatic carbocycles. The fourth-order valence-corrected chi connectivity index (χ4v) is 2.89. The minimum absolute atomic E-state index is 0.638. The number of nitrogens with one attached hydrogen (secondary N) is 1. The van der Waals surface area contributed by atoms with Crippen molar-refractivity contribution in [3.05, 3.63) is 77.3 Å². The third-order valence-corrected chi connectivity index (χ3v) is 4.06. The number of furan rings is 1. The first-order chi connectivity index (χ1) is 10.8. The highest BCUT2D eigenvalue weighted by Crippen LogP contribution is 2.34. The van der Waals surface area contributed by atoms with Crippen LogP contribution in [0, 0.1) is 0 Å². The van der Waals surface area contributed by atoms with Gasteiger partial charge in [-0.25, -0.2) is 4.98 Å². The maximum Gasteiger partial charge on any atom is 0.135 e. The lowest BCUT2D eigenvalue weighted by Crippen LogP contribution is -1.95. The van der Waals surface area contributed by atoms with Crippen molar-refractivity contribution in [2.75, 3.05) is 0 Å². The summed E-state index contributed by atoms with van der Waals surface area (Å²) in [4.78, 5) is 7.40. The number of aromatic amines is 1. The molecule has 0 aliphatic heterocycles. The summed E-state index contributed by atoms with van der Waals surface area (Å²) in [7, 11) is 0. The van der Waals surface area contributed by atoms with E-state index in [1.165, 1.54) is 0 Å². The Kier molecular flexibility index (Phi) is 3.20. The van der Waals surface area contributed by atoms with Crippen LogP contribution in [0.3, 0.4) is 0 Å². The second kappa shape index (κ2) is 5.35. The molecule has 0 amide bonds. The number of H-pyrrole nitrogens is 1. The minimum atomic E-state index is 0.638. The summed E-state index contributed by atoms with van der Waals surface area (Å²) < 4.78 is 5.98. The molecule has 1 N–H and O–H groups in total. The molecule has 0 atom stereocenters. The summed E-state index contributed by atoms with van der Waals surface area (Å²) in [6, 6.07) is 15.9. The molecular formula is C18H13ClN2O. The van der Waals surface area contributed by atoms with E-state index in [9.17, 15) is 0 Å². The van der Waals surface area contributed by atoms with Crippen molar-refractivity contribution >= 4 is 22.6 Å². The van der Waals surface area contributed by atoms with Gasteiger partial charge in [0, 0.05) is 34.8 Å². The zero-order valence-electron chi connectivity index (χ0n) is 11.7. The maximum absolute atomic E-state index is 6.41. The summed E-state index contributed by atoms with van der Waals surface area (Å²) in [5, 5.41) is 1.80. The summed E-state index contributed by atoms with van der Waals surface area (Å²) in [6.45, 7) is 0. The van der Waals surface area contributed by atoms with Crippen molar-refractivity contribution in [2.45, 2.75) is 6.42 Å². The number of rotatable bonds is 3. The van der Waals surface area contributed by atoms with Crippen molar-refractivity contribution in [3.63, 3.8) is 0 Å². The van der Waals surface area contributed by atoms with Gasteiger partial charge in [-0.15, -0.1) is 0 Å². The molecule has 0 fully saturated rings. The van der Waals surface area contributed by atoms with E-state index in [0.717, 1.165) is 33.7 Å². The zero-order chi connectivity index (χ0) is 14.9. The van der Waals surface area contributed by atoms with E-state index in [-0.39, 0.29) is 0 Å². The molecule has 2 aromatic heterocycles. The van der Waals surface area contributed by atoms with Crippen LogP contribution in [0.15, 0.2) is 65.3 Å². The highest BCUT2D eigenvalue weighted by molar-refractivity contribution is 6.31. The Morgan fingerprint density at radius 2 is 2.00 bits per heavy atom. The van der Waals surface area contributed by atoms with Gasteiger partial charge in [-0.2, -0.15) is 0 Å². The van der Waals surface area contributed by atoms with E-state index in [0.29, 0.717) is 11.4 Å². The first-order valence-corrected chi connectivity index (χ1v) is 7.43. The van der Waals surface area contributed by atoms with Crippen LogP contribution in [-0.4, -0.2) is 9.97 Å². The average molecular weight is 309 g/mol. The highest BCUT2D eigenvalue weighted by atomic mass is 35.5. The van der Waals surface area contributed by atoms with Crippen LogP contribution in [0.1, 0.15) is 11.4 Å². The quantitative estimate of drug-likeness (QED) is 0.574. The van der Waals surface area contributed by atoms with Gasteiger partial charge in [-0.05, 0) is 23.8 Å². The van der Waals surface area contributed by atoms with Gasteiger partial charge in [0.1, 0.15) is 17.2 Å². The van der Waals surface area contributed by atoms with Crippen molar-refractivity contribution in [2.24, 2.45) is 0 Å². The Morgan fingerprint density at radius 3 is 2.82 bits per heavy atom. The van der Waals surface area contributed by atoms with E-state index in [4.69, 9.17) is 16.0 Å². The largest absolute Gasteiger partial charge is 0.456 e. The first-order valence-electron chi connectivity index (χ1n) is 7.06. The lowest BCUT2D eigenvalue weighted by molar-refractivity contribution is 0.630. The number of para-hydroxylation sites is 1. The monoisotopic (exact) mass is 308 g/mol. The lowest BCUT2D eigenvalue weighted by Gasteiger charge is -2.08. The van der Waals surface area contributed by atoms with Gasteiger partial charge in [0.05, 0.1) is 0 Å². The molecule has 0 saturated carbocycles. The molecule has 108 valence electrons. The van der Waals surface area contributed by atoms with Crippen LogP contribution >= 0.6 is 11.6 Å². The van der Waals surface area contributed by atoms with Crippen LogP contribution in [0.2, 0.25) is 5.02 Å². The van der Waals surface area contributed by atoms with Crippen LogP contribution in [0.5, 0.6) is 0 Å². The Bertz CT molecular complexity index is 892. The van der Waals surface area contributed by atoms with Crippen LogP contribution in [0.25, 0.3) is 22.3 Å². The third kappa shape index (κ3) is 2.30. The smallest absolute Gasteiger partial charge is 0.135 e. The molecule has 0 bridgehead atoms. The van der Waals surface area contributed by atoms with Crippen molar-refractivity contribution in [1.29, 1.82) is 0 Å². The maximum atomic E-state index is 6.41. The molecule has 3 nitrogen and oxygen atoms in total. The topological polar surface area (TPSA) is 41.8 Å². The molecule has 4 heteroatoms. The molecule has 4 rings (SSSR count). The molecule has 0 radical (unpaired) electrons. The number of aromatic nitrogens is 2. The minimum Gasteiger partial charge on any atom is -0.456 e.